The standard InChI is InChI=1S/C8H15N3O/c1-6-8(5-10(3)12)7(2)11(4)9-6/h12H,5H2,1-4H3. The van der Waals surface area contributed by atoms with E-state index in [1.807, 2.05) is 25.6 Å². The van der Waals surface area contributed by atoms with Crippen LogP contribution in [-0.2, 0) is 13.6 Å². The molecular weight excluding hydrogens is 154 g/mol. The Morgan fingerprint density at radius 1 is 1.50 bits per heavy atom. The summed E-state index contributed by atoms with van der Waals surface area (Å²) in [6.45, 7) is 4.48. The van der Waals surface area contributed by atoms with E-state index in [4.69, 9.17) is 5.21 Å². The summed E-state index contributed by atoms with van der Waals surface area (Å²) in [6.07, 6.45) is 0. The average Bonchev–Trinajstić information content (AvgIpc) is 2.16. The second kappa shape index (κ2) is 3.25. The van der Waals surface area contributed by atoms with Gasteiger partial charge < -0.3 is 5.21 Å². The summed E-state index contributed by atoms with van der Waals surface area (Å²) in [5.41, 5.74) is 3.19. The molecule has 0 aliphatic carbocycles. The maximum absolute atomic E-state index is 9.06. The van der Waals surface area contributed by atoms with Crippen LogP contribution in [-0.4, -0.2) is 27.1 Å². The molecule has 1 aromatic rings. The van der Waals surface area contributed by atoms with Gasteiger partial charge in [-0.1, -0.05) is 0 Å². The summed E-state index contributed by atoms with van der Waals surface area (Å²) in [4.78, 5) is 0. The molecule has 12 heavy (non-hydrogen) atoms. The Bertz CT molecular complexity index is 278. The zero-order valence-electron chi connectivity index (χ0n) is 8.00. The van der Waals surface area contributed by atoms with Crippen molar-refractivity contribution in [2.75, 3.05) is 7.05 Å². The number of nitrogens with zero attached hydrogens (tertiary/aromatic N) is 3. The lowest BCUT2D eigenvalue weighted by Gasteiger charge is -2.07. The van der Waals surface area contributed by atoms with E-state index >= 15 is 0 Å². The van der Waals surface area contributed by atoms with Crippen LogP contribution in [0.1, 0.15) is 17.0 Å². The predicted molar refractivity (Wildman–Crippen MR) is 45.9 cm³/mol. The molecule has 0 amide bonds. The molecule has 1 rings (SSSR count). The lowest BCUT2D eigenvalue weighted by molar-refractivity contribution is -0.0734. The van der Waals surface area contributed by atoms with Crippen LogP contribution < -0.4 is 0 Å². The van der Waals surface area contributed by atoms with Gasteiger partial charge in [0.15, 0.2) is 0 Å². The van der Waals surface area contributed by atoms with Crippen LogP contribution in [0.4, 0.5) is 0 Å². The number of rotatable bonds is 2. The van der Waals surface area contributed by atoms with Crippen LogP contribution >= 0.6 is 0 Å². The van der Waals surface area contributed by atoms with Crippen LogP contribution in [0.3, 0.4) is 0 Å². The normalized spacial score (nSPS) is 11.2. The molecule has 0 saturated carbocycles. The van der Waals surface area contributed by atoms with Gasteiger partial charge in [0.05, 0.1) is 12.2 Å². The molecule has 0 aromatic carbocycles. The maximum Gasteiger partial charge on any atom is 0.0642 e. The molecule has 0 spiro atoms. The van der Waals surface area contributed by atoms with Crippen molar-refractivity contribution < 1.29 is 5.21 Å². The average molecular weight is 169 g/mol. The monoisotopic (exact) mass is 169 g/mol. The summed E-state index contributed by atoms with van der Waals surface area (Å²) < 4.78 is 1.83. The van der Waals surface area contributed by atoms with Crippen molar-refractivity contribution >= 4 is 0 Å². The third kappa shape index (κ3) is 1.65. The van der Waals surface area contributed by atoms with Crippen molar-refractivity contribution in [3.05, 3.63) is 17.0 Å². The molecule has 0 aliphatic rings. The van der Waals surface area contributed by atoms with Crippen molar-refractivity contribution in [3.8, 4) is 0 Å². The van der Waals surface area contributed by atoms with Gasteiger partial charge in [-0.2, -0.15) is 10.2 Å². The molecule has 0 fully saturated rings. The van der Waals surface area contributed by atoms with Gasteiger partial charge in [-0.3, -0.25) is 4.68 Å². The van der Waals surface area contributed by atoms with E-state index < -0.39 is 0 Å². The SMILES string of the molecule is Cc1nn(C)c(C)c1CN(C)O. The Kier molecular flexibility index (Phi) is 2.49. The van der Waals surface area contributed by atoms with Crippen LogP contribution in [0.2, 0.25) is 0 Å². The smallest absolute Gasteiger partial charge is 0.0642 e. The predicted octanol–water partition coefficient (Wildman–Crippen LogP) is 0.858. The summed E-state index contributed by atoms with van der Waals surface area (Å²) in [7, 11) is 3.54. The molecule has 4 nitrogen and oxygen atoms in total. The van der Waals surface area contributed by atoms with Crippen LogP contribution in [0.15, 0.2) is 0 Å². The van der Waals surface area contributed by atoms with Crippen molar-refractivity contribution in [1.82, 2.24) is 14.8 Å². The molecule has 0 atom stereocenters. The van der Waals surface area contributed by atoms with E-state index in [1.54, 1.807) is 7.05 Å². The van der Waals surface area contributed by atoms with E-state index in [0.29, 0.717) is 6.54 Å². The van der Waals surface area contributed by atoms with Crippen molar-refractivity contribution in [2.45, 2.75) is 20.4 Å². The first-order valence-corrected chi connectivity index (χ1v) is 3.91. The van der Waals surface area contributed by atoms with Gasteiger partial charge in [-0.25, -0.2) is 0 Å². The third-order valence-corrected chi connectivity index (χ3v) is 2.05. The number of hydrogen-bond donors (Lipinski definition) is 1. The molecule has 0 unspecified atom stereocenters. The lowest BCUT2D eigenvalue weighted by atomic mass is 10.2. The van der Waals surface area contributed by atoms with E-state index in [2.05, 4.69) is 5.10 Å². The number of hydrogen-bond acceptors (Lipinski definition) is 3. The second-order valence-corrected chi connectivity index (χ2v) is 3.09. The molecule has 1 N–H and O–H groups in total. The number of hydroxylamine groups is 2. The van der Waals surface area contributed by atoms with E-state index in [-0.39, 0.29) is 0 Å². The highest BCUT2D eigenvalue weighted by Crippen LogP contribution is 2.12. The van der Waals surface area contributed by atoms with Crippen molar-refractivity contribution in [2.24, 2.45) is 7.05 Å². The molecule has 68 valence electrons. The summed E-state index contributed by atoms with van der Waals surface area (Å²) in [5.74, 6) is 0. The van der Waals surface area contributed by atoms with E-state index in [9.17, 15) is 0 Å². The Labute approximate surface area is 72.4 Å². The minimum atomic E-state index is 0.533. The zero-order chi connectivity index (χ0) is 9.30. The first kappa shape index (κ1) is 9.22. The fraction of sp³-hybridized carbons (Fsp3) is 0.625. The largest absolute Gasteiger partial charge is 0.314 e. The molecule has 1 heterocycles. The number of aryl methyl sites for hydroxylation is 2. The minimum Gasteiger partial charge on any atom is -0.314 e. The Hall–Kier alpha value is -0.870. The number of aromatic nitrogens is 2. The quantitative estimate of drug-likeness (QED) is 0.667. The topological polar surface area (TPSA) is 41.3 Å². The maximum atomic E-state index is 9.06. The highest BCUT2D eigenvalue weighted by Gasteiger charge is 2.09. The summed E-state index contributed by atoms with van der Waals surface area (Å²) in [6, 6.07) is 0. The van der Waals surface area contributed by atoms with Gasteiger partial charge in [-0.15, -0.1) is 0 Å². The highest BCUT2D eigenvalue weighted by atomic mass is 16.5. The van der Waals surface area contributed by atoms with Crippen LogP contribution in [0.25, 0.3) is 0 Å². The van der Waals surface area contributed by atoms with Crippen LogP contribution in [0, 0.1) is 13.8 Å². The van der Waals surface area contributed by atoms with Gasteiger partial charge in [0.1, 0.15) is 0 Å². The molecule has 1 aromatic heterocycles. The van der Waals surface area contributed by atoms with E-state index in [0.717, 1.165) is 22.0 Å². The minimum absolute atomic E-state index is 0.533. The first-order chi connectivity index (χ1) is 5.52. The lowest BCUT2D eigenvalue weighted by Crippen LogP contribution is -2.12. The fourth-order valence-electron chi connectivity index (χ4n) is 1.28. The van der Waals surface area contributed by atoms with E-state index in [1.165, 1.54) is 0 Å². The molecule has 4 heteroatoms. The summed E-state index contributed by atoms with van der Waals surface area (Å²) >= 11 is 0. The molecule has 0 saturated heterocycles. The Morgan fingerprint density at radius 2 is 2.08 bits per heavy atom. The molecule has 0 bridgehead atoms. The van der Waals surface area contributed by atoms with Gasteiger partial charge in [0.25, 0.3) is 0 Å². The van der Waals surface area contributed by atoms with Gasteiger partial charge in [-0.05, 0) is 13.8 Å². The second-order valence-electron chi connectivity index (χ2n) is 3.09. The molecule has 0 radical (unpaired) electrons. The highest BCUT2D eigenvalue weighted by molar-refractivity contribution is 5.23. The molecule has 0 aliphatic heterocycles. The Balaban J connectivity index is 2.97. The Morgan fingerprint density at radius 3 is 2.42 bits per heavy atom. The van der Waals surface area contributed by atoms with Gasteiger partial charge >= 0.3 is 0 Å². The van der Waals surface area contributed by atoms with Gasteiger partial charge in [0.2, 0.25) is 0 Å². The van der Waals surface area contributed by atoms with Crippen LogP contribution in [0.5, 0.6) is 0 Å². The fourth-order valence-corrected chi connectivity index (χ4v) is 1.28. The first-order valence-electron chi connectivity index (χ1n) is 3.91. The molecular formula is C8H15N3O. The zero-order valence-corrected chi connectivity index (χ0v) is 8.00. The van der Waals surface area contributed by atoms with Crippen molar-refractivity contribution in [1.29, 1.82) is 0 Å². The van der Waals surface area contributed by atoms with Crippen molar-refractivity contribution in [3.63, 3.8) is 0 Å². The third-order valence-electron chi connectivity index (χ3n) is 2.05. The van der Waals surface area contributed by atoms with Gasteiger partial charge in [0, 0.05) is 25.4 Å². The summed E-state index contributed by atoms with van der Waals surface area (Å²) in [5, 5.41) is 14.5.